The number of rotatable bonds is 4. The molecule has 1 aromatic heterocycles. The number of hydrogen-bond acceptors (Lipinski definition) is 7. The molecule has 0 aliphatic carbocycles. The number of fused-ring (bicyclic) bond motifs is 1. The number of esters is 1. The zero-order valence-electron chi connectivity index (χ0n) is 15.3. The minimum Gasteiger partial charge on any atom is -0.464 e. The molecule has 1 N–H and O–H groups in total. The van der Waals surface area contributed by atoms with Crippen molar-refractivity contribution in [3.05, 3.63) is 82.6 Å². The van der Waals surface area contributed by atoms with Gasteiger partial charge in [-0.25, -0.2) is 4.79 Å². The number of benzene rings is 2. The second-order valence-corrected chi connectivity index (χ2v) is 6.36. The Kier molecular flexibility index (Phi) is 4.44. The number of tetrazole rings is 1. The molecule has 0 bridgehead atoms. The SMILES string of the molecule is COC(=O)C1=C(C(=O)c2ccc(C)cc2)[C@H](c2ccccc2)n2nnnc2N1. The van der Waals surface area contributed by atoms with Crippen LogP contribution in [0.15, 0.2) is 65.9 Å². The summed E-state index contributed by atoms with van der Waals surface area (Å²) in [5, 5.41) is 14.5. The van der Waals surface area contributed by atoms with Crippen molar-refractivity contribution < 1.29 is 14.3 Å². The fourth-order valence-electron chi connectivity index (χ4n) is 3.19. The van der Waals surface area contributed by atoms with E-state index >= 15 is 0 Å². The third-order valence-corrected chi connectivity index (χ3v) is 4.58. The molecule has 4 rings (SSSR count). The molecule has 2 heterocycles. The number of nitrogens with zero attached hydrogens (tertiary/aromatic N) is 4. The smallest absolute Gasteiger partial charge is 0.355 e. The van der Waals surface area contributed by atoms with Gasteiger partial charge in [-0.15, -0.1) is 0 Å². The molecule has 140 valence electrons. The lowest BCUT2D eigenvalue weighted by Gasteiger charge is -2.28. The van der Waals surface area contributed by atoms with E-state index in [-0.39, 0.29) is 23.0 Å². The van der Waals surface area contributed by atoms with E-state index in [0.717, 1.165) is 11.1 Å². The number of aryl methyl sites for hydroxylation is 1. The van der Waals surface area contributed by atoms with Crippen LogP contribution in [0.3, 0.4) is 0 Å². The van der Waals surface area contributed by atoms with Crippen LogP contribution in [0, 0.1) is 6.92 Å². The van der Waals surface area contributed by atoms with Crippen molar-refractivity contribution in [2.45, 2.75) is 13.0 Å². The van der Waals surface area contributed by atoms with Gasteiger partial charge in [0, 0.05) is 5.56 Å². The molecule has 0 fully saturated rings. The number of aromatic nitrogens is 4. The van der Waals surface area contributed by atoms with Crippen LogP contribution >= 0.6 is 0 Å². The minimum atomic E-state index is -0.671. The molecule has 0 saturated carbocycles. The van der Waals surface area contributed by atoms with Crippen molar-refractivity contribution >= 4 is 17.7 Å². The fraction of sp³-hybridized carbons (Fsp3) is 0.150. The highest BCUT2D eigenvalue weighted by atomic mass is 16.5. The number of allylic oxidation sites excluding steroid dienone is 1. The highest BCUT2D eigenvalue weighted by Gasteiger charge is 2.38. The van der Waals surface area contributed by atoms with E-state index in [1.54, 1.807) is 12.1 Å². The molecule has 0 saturated heterocycles. The van der Waals surface area contributed by atoms with E-state index in [4.69, 9.17) is 4.74 Å². The molecule has 0 amide bonds. The van der Waals surface area contributed by atoms with Crippen molar-refractivity contribution in [2.24, 2.45) is 0 Å². The topological polar surface area (TPSA) is 99.0 Å². The van der Waals surface area contributed by atoms with Crippen LogP contribution in [0.5, 0.6) is 0 Å². The largest absolute Gasteiger partial charge is 0.464 e. The summed E-state index contributed by atoms with van der Waals surface area (Å²) in [5.41, 5.74) is 2.52. The van der Waals surface area contributed by atoms with Gasteiger partial charge in [0.2, 0.25) is 5.95 Å². The maximum absolute atomic E-state index is 13.5. The zero-order chi connectivity index (χ0) is 19.7. The van der Waals surface area contributed by atoms with Crippen molar-refractivity contribution in [2.75, 3.05) is 12.4 Å². The lowest BCUT2D eigenvalue weighted by molar-refractivity contribution is -0.136. The third-order valence-electron chi connectivity index (χ3n) is 4.58. The van der Waals surface area contributed by atoms with Gasteiger partial charge >= 0.3 is 5.97 Å². The lowest BCUT2D eigenvalue weighted by atomic mass is 9.89. The molecule has 8 nitrogen and oxygen atoms in total. The maximum Gasteiger partial charge on any atom is 0.355 e. The van der Waals surface area contributed by atoms with E-state index in [0.29, 0.717) is 5.56 Å². The van der Waals surface area contributed by atoms with Gasteiger partial charge in [0.15, 0.2) is 5.78 Å². The van der Waals surface area contributed by atoms with Crippen molar-refractivity contribution in [1.82, 2.24) is 20.2 Å². The highest BCUT2D eigenvalue weighted by Crippen LogP contribution is 2.36. The number of ether oxygens (including phenoxy) is 1. The molecule has 8 heteroatoms. The number of nitrogens with one attached hydrogen (secondary N) is 1. The summed E-state index contributed by atoms with van der Waals surface area (Å²) in [7, 11) is 1.26. The Bertz CT molecular complexity index is 1070. The minimum absolute atomic E-state index is 0.0317. The summed E-state index contributed by atoms with van der Waals surface area (Å²) in [6.45, 7) is 1.94. The van der Waals surface area contributed by atoms with Crippen LogP contribution in [-0.2, 0) is 9.53 Å². The van der Waals surface area contributed by atoms with E-state index in [1.165, 1.54) is 11.8 Å². The molecule has 1 aliphatic rings. The Balaban J connectivity index is 1.94. The average molecular weight is 375 g/mol. The second kappa shape index (κ2) is 7.07. The van der Waals surface area contributed by atoms with Gasteiger partial charge in [-0.3, -0.25) is 4.79 Å². The number of carbonyl (C=O) groups is 2. The van der Waals surface area contributed by atoms with Gasteiger partial charge in [0.1, 0.15) is 11.7 Å². The Hall–Kier alpha value is -3.81. The van der Waals surface area contributed by atoms with Crippen LogP contribution in [0.2, 0.25) is 0 Å². The predicted molar refractivity (Wildman–Crippen MR) is 101 cm³/mol. The Morgan fingerprint density at radius 1 is 1.07 bits per heavy atom. The summed E-state index contributed by atoms with van der Waals surface area (Å²) in [5.74, 6) is -0.705. The van der Waals surface area contributed by atoms with Gasteiger partial charge < -0.3 is 10.1 Å². The number of methoxy groups -OCH3 is 1. The quantitative estimate of drug-likeness (QED) is 0.552. The number of anilines is 1. The standard InChI is InChI=1S/C20H17N5O3/c1-12-8-10-14(11-9-12)18(26)15-16(19(27)28-2)21-20-22-23-24-25(20)17(15)13-6-4-3-5-7-13/h3-11,17H,1-2H3,(H,21,22,24)/t17-/m0/s1. The first kappa shape index (κ1) is 17.6. The van der Waals surface area contributed by atoms with Crippen LogP contribution in [0.1, 0.15) is 27.5 Å². The van der Waals surface area contributed by atoms with Crippen LogP contribution in [0.25, 0.3) is 0 Å². The first-order chi connectivity index (χ1) is 13.6. The Morgan fingerprint density at radius 3 is 2.46 bits per heavy atom. The monoisotopic (exact) mass is 375 g/mol. The van der Waals surface area contributed by atoms with Crippen molar-refractivity contribution in [1.29, 1.82) is 0 Å². The summed E-state index contributed by atoms with van der Waals surface area (Å²) >= 11 is 0. The van der Waals surface area contributed by atoms with Gasteiger partial charge in [0.25, 0.3) is 0 Å². The highest BCUT2D eigenvalue weighted by molar-refractivity contribution is 6.14. The number of hydrogen-bond donors (Lipinski definition) is 1. The zero-order valence-corrected chi connectivity index (χ0v) is 15.3. The van der Waals surface area contributed by atoms with Crippen molar-refractivity contribution in [3.63, 3.8) is 0 Å². The van der Waals surface area contributed by atoms with Gasteiger partial charge in [-0.2, -0.15) is 4.68 Å². The van der Waals surface area contributed by atoms with Crippen LogP contribution < -0.4 is 5.32 Å². The average Bonchev–Trinajstić information content (AvgIpc) is 3.21. The molecule has 1 aliphatic heterocycles. The fourth-order valence-corrected chi connectivity index (χ4v) is 3.19. The van der Waals surface area contributed by atoms with Crippen molar-refractivity contribution in [3.8, 4) is 0 Å². The van der Waals surface area contributed by atoms with Crippen LogP contribution in [0.4, 0.5) is 5.95 Å². The Morgan fingerprint density at radius 2 is 1.79 bits per heavy atom. The molecular weight excluding hydrogens is 358 g/mol. The summed E-state index contributed by atoms with van der Waals surface area (Å²) in [4.78, 5) is 26.0. The summed E-state index contributed by atoms with van der Waals surface area (Å²) < 4.78 is 6.40. The van der Waals surface area contributed by atoms with E-state index in [9.17, 15) is 9.59 Å². The third kappa shape index (κ3) is 2.94. The van der Waals surface area contributed by atoms with E-state index < -0.39 is 12.0 Å². The molecule has 0 spiro atoms. The molecule has 0 radical (unpaired) electrons. The molecule has 1 atom stereocenters. The maximum atomic E-state index is 13.5. The second-order valence-electron chi connectivity index (χ2n) is 6.36. The van der Waals surface area contributed by atoms with Gasteiger partial charge in [-0.05, 0) is 22.9 Å². The van der Waals surface area contributed by atoms with E-state index in [2.05, 4.69) is 20.8 Å². The van der Waals surface area contributed by atoms with Gasteiger partial charge in [0.05, 0.1) is 12.7 Å². The molecular formula is C20H17N5O3. The number of Topliss-reactive ketones (excluding diaryl/α,β-unsaturated/α-hetero) is 1. The predicted octanol–water partition coefficient (Wildman–Crippen LogP) is 2.31. The number of carbonyl (C=O) groups excluding carboxylic acids is 2. The van der Waals surface area contributed by atoms with Crippen LogP contribution in [-0.4, -0.2) is 39.1 Å². The molecule has 0 unspecified atom stereocenters. The normalized spacial score (nSPS) is 15.6. The Labute approximate surface area is 160 Å². The first-order valence-corrected chi connectivity index (χ1v) is 8.64. The summed E-state index contributed by atoms with van der Waals surface area (Å²) in [6.07, 6.45) is 0. The number of ketones is 1. The lowest BCUT2D eigenvalue weighted by Crippen LogP contribution is -2.32. The molecule has 28 heavy (non-hydrogen) atoms. The first-order valence-electron chi connectivity index (χ1n) is 8.64. The van der Waals surface area contributed by atoms with E-state index in [1.807, 2.05) is 49.4 Å². The molecule has 3 aromatic rings. The molecule has 2 aromatic carbocycles. The summed E-state index contributed by atoms with van der Waals surface area (Å²) in [6, 6.07) is 15.8. The van der Waals surface area contributed by atoms with Gasteiger partial charge in [-0.1, -0.05) is 65.3 Å².